The SMILES string of the molecule is C[C@@H]1CCO[C@@](C)(c2ccc(Cl)cc2)O1. The van der Waals surface area contributed by atoms with Crippen molar-refractivity contribution in [3.05, 3.63) is 34.9 Å². The van der Waals surface area contributed by atoms with E-state index < -0.39 is 5.79 Å². The molecule has 2 atom stereocenters. The minimum atomic E-state index is -0.623. The Bertz CT molecular complexity index is 336. The molecule has 1 saturated heterocycles. The molecule has 0 aromatic heterocycles. The molecule has 0 saturated carbocycles. The molecule has 15 heavy (non-hydrogen) atoms. The van der Waals surface area contributed by atoms with Crippen LogP contribution in [0, 0.1) is 0 Å². The number of benzene rings is 1. The first-order chi connectivity index (χ1) is 7.10. The summed E-state index contributed by atoms with van der Waals surface area (Å²) in [5, 5.41) is 0.728. The third kappa shape index (κ3) is 2.33. The molecule has 1 aromatic rings. The van der Waals surface area contributed by atoms with Crippen LogP contribution >= 0.6 is 11.6 Å². The van der Waals surface area contributed by atoms with Crippen molar-refractivity contribution in [3.63, 3.8) is 0 Å². The van der Waals surface area contributed by atoms with E-state index in [2.05, 4.69) is 6.92 Å². The maximum atomic E-state index is 5.84. The highest BCUT2D eigenvalue weighted by atomic mass is 35.5. The Morgan fingerprint density at radius 2 is 2.00 bits per heavy atom. The van der Waals surface area contributed by atoms with E-state index in [0.717, 1.165) is 23.6 Å². The zero-order valence-electron chi connectivity index (χ0n) is 9.00. The van der Waals surface area contributed by atoms with Gasteiger partial charge in [-0.25, -0.2) is 0 Å². The average molecular weight is 227 g/mol. The molecule has 1 fully saturated rings. The van der Waals surface area contributed by atoms with Gasteiger partial charge in [0.2, 0.25) is 0 Å². The number of rotatable bonds is 1. The van der Waals surface area contributed by atoms with Gasteiger partial charge >= 0.3 is 0 Å². The Kier molecular flexibility index (Phi) is 3.01. The van der Waals surface area contributed by atoms with Crippen LogP contribution in [-0.2, 0) is 15.3 Å². The topological polar surface area (TPSA) is 18.5 Å². The van der Waals surface area contributed by atoms with Gasteiger partial charge in [0.05, 0.1) is 12.7 Å². The van der Waals surface area contributed by atoms with Crippen molar-refractivity contribution in [1.82, 2.24) is 0 Å². The molecule has 0 unspecified atom stereocenters. The first kappa shape index (κ1) is 10.9. The van der Waals surface area contributed by atoms with Crippen molar-refractivity contribution in [1.29, 1.82) is 0 Å². The van der Waals surface area contributed by atoms with Gasteiger partial charge in [-0.3, -0.25) is 0 Å². The zero-order chi connectivity index (χ0) is 10.9. The van der Waals surface area contributed by atoms with Crippen molar-refractivity contribution in [2.75, 3.05) is 6.61 Å². The van der Waals surface area contributed by atoms with Crippen LogP contribution in [0.2, 0.25) is 5.02 Å². The third-order valence-electron chi connectivity index (χ3n) is 2.70. The summed E-state index contributed by atoms with van der Waals surface area (Å²) in [5.74, 6) is -0.623. The second-order valence-electron chi connectivity index (χ2n) is 4.02. The molecule has 1 aromatic carbocycles. The highest BCUT2D eigenvalue weighted by Gasteiger charge is 2.33. The number of halogens is 1. The second kappa shape index (κ2) is 4.12. The summed E-state index contributed by atoms with van der Waals surface area (Å²) in [6.07, 6.45) is 1.18. The fourth-order valence-corrected chi connectivity index (χ4v) is 1.93. The van der Waals surface area contributed by atoms with E-state index in [9.17, 15) is 0 Å². The lowest BCUT2D eigenvalue weighted by molar-refractivity contribution is -0.288. The first-order valence-corrected chi connectivity index (χ1v) is 5.56. The molecule has 1 heterocycles. The van der Waals surface area contributed by atoms with Gasteiger partial charge in [0.15, 0.2) is 5.79 Å². The molecule has 0 spiro atoms. The Hall–Kier alpha value is -0.570. The molecule has 0 bridgehead atoms. The van der Waals surface area contributed by atoms with Crippen LogP contribution in [0.4, 0.5) is 0 Å². The minimum Gasteiger partial charge on any atom is -0.346 e. The van der Waals surface area contributed by atoms with Crippen molar-refractivity contribution in [3.8, 4) is 0 Å². The van der Waals surface area contributed by atoms with Gasteiger partial charge in [0.1, 0.15) is 0 Å². The van der Waals surface area contributed by atoms with Crippen LogP contribution in [0.25, 0.3) is 0 Å². The lowest BCUT2D eigenvalue weighted by atomic mass is 10.1. The molecule has 0 radical (unpaired) electrons. The molecule has 0 aliphatic carbocycles. The summed E-state index contributed by atoms with van der Waals surface area (Å²) in [6.45, 7) is 4.75. The monoisotopic (exact) mass is 226 g/mol. The van der Waals surface area contributed by atoms with E-state index in [4.69, 9.17) is 21.1 Å². The van der Waals surface area contributed by atoms with Crippen molar-refractivity contribution < 1.29 is 9.47 Å². The quantitative estimate of drug-likeness (QED) is 0.731. The fourth-order valence-electron chi connectivity index (χ4n) is 1.80. The van der Waals surface area contributed by atoms with E-state index in [1.165, 1.54) is 0 Å². The van der Waals surface area contributed by atoms with E-state index in [1.807, 2.05) is 31.2 Å². The van der Waals surface area contributed by atoms with Gasteiger partial charge in [-0.1, -0.05) is 23.7 Å². The molecular weight excluding hydrogens is 212 g/mol. The highest BCUT2D eigenvalue weighted by molar-refractivity contribution is 6.30. The van der Waals surface area contributed by atoms with Crippen molar-refractivity contribution >= 4 is 11.6 Å². The zero-order valence-corrected chi connectivity index (χ0v) is 9.75. The number of hydrogen-bond donors (Lipinski definition) is 0. The fraction of sp³-hybridized carbons (Fsp3) is 0.500. The third-order valence-corrected chi connectivity index (χ3v) is 2.95. The molecular formula is C12H15ClO2. The second-order valence-corrected chi connectivity index (χ2v) is 4.45. The summed E-state index contributed by atoms with van der Waals surface area (Å²) in [5.41, 5.74) is 1.01. The van der Waals surface area contributed by atoms with Gasteiger partial charge in [0, 0.05) is 10.6 Å². The number of ether oxygens (including phenoxy) is 2. The minimum absolute atomic E-state index is 0.236. The Morgan fingerprint density at radius 3 is 2.60 bits per heavy atom. The summed E-state index contributed by atoms with van der Waals surface area (Å²) in [6, 6.07) is 7.60. The molecule has 2 rings (SSSR count). The van der Waals surface area contributed by atoms with E-state index >= 15 is 0 Å². The number of hydrogen-bond acceptors (Lipinski definition) is 2. The maximum absolute atomic E-state index is 5.84. The first-order valence-electron chi connectivity index (χ1n) is 5.18. The molecule has 0 N–H and O–H groups in total. The maximum Gasteiger partial charge on any atom is 0.192 e. The lowest BCUT2D eigenvalue weighted by Crippen LogP contribution is -2.38. The van der Waals surface area contributed by atoms with Crippen LogP contribution in [0.3, 0.4) is 0 Å². The Morgan fingerprint density at radius 1 is 1.33 bits per heavy atom. The van der Waals surface area contributed by atoms with E-state index in [-0.39, 0.29) is 6.10 Å². The molecule has 0 amide bonds. The lowest BCUT2D eigenvalue weighted by Gasteiger charge is -2.37. The summed E-state index contributed by atoms with van der Waals surface area (Å²) in [7, 11) is 0. The predicted octanol–water partition coefficient (Wildman–Crippen LogP) is 3.34. The normalized spacial score (nSPS) is 31.5. The van der Waals surface area contributed by atoms with Gasteiger partial charge < -0.3 is 9.47 Å². The smallest absolute Gasteiger partial charge is 0.192 e. The predicted molar refractivity (Wildman–Crippen MR) is 59.9 cm³/mol. The largest absolute Gasteiger partial charge is 0.346 e. The van der Waals surface area contributed by atoms with Gasteiger partial charge in [-0.15, -0.1) is 0 Å². The van der Waals surface area contributed by atoms with Crippen LogP contribution in [0.5, 0.6) is 0 Å². The van der Waals surface area contributed by atoms with Gasteiger partial charge in [0.25, 0.3) is 0 Å². The van der Waals surface area contributed by atoms with E-state index in [0.29, 0.717) is 0 Å². The Balaban J connectivity index is 2.24. The van der Waals surface area contributed by atoms with Crippen LogP contribution in [-0.4, -0.2) is 12.7 Å². The summed E-state index contributed by atoms with van der Waals surface area (Å²) in [4.78, 5) is 0. The standard InChI is InChI=1S/C12H15ClO2/c1-9-7-8-14-12(2,15-9)10-3-5-11(13)6-4-10/h3-6,9H,7-8H2,1-2H3/t9-,12-/m1/s1. The average Bonchev–Trinajstić information content (AvgIpc) is 2.18. The van der Waals surface area contributed by atoms with Crippen LogP contribution in [0.1, 0.15) is 25.8 Å². The van der Waals surface area contributed by atoms with E-state index in [1.54, 1.807) is 0 Å². The molecule has 1 aliphatic heterocycles. The highest BCUT2D eigenvalue weighted by Crippen LogP contribution is 2.33. The van der Waals surface area contributed by atoms with Crippen LogP contribution < -0.4 is 0 Å². The molecule has 82 valence electrons. The van der Waals surface area contributed by atoms with Gasteiger partial charge in [-0.05, 0) is 32.4 Å². The molecule has 3 heteroatoms. The Labute approximate surface area is 95.1 Å². The van der Waals surface area contributed by atoms with Crippen molar-refractivity contribution in [2.45, 2.75) is 32.2 Å². The van der Waals surface area contributed by atoms with Crippen LogP contribution in [0.15, 0.2) is 24.3 Å². The summed E-state index contributed by atoms with van der Waals surface area (Å²) >= 11 is 5.84. The summed E-state index contributed by atoms with van der Waals surface area (Å²) < 4.78 is 11.5. The van der Waals surface area contributed by atoms with Gasteiger partial charge in [-0.2, -0.15) is 0 Å². The molecule has 1 aliphatic rings. The van der Waals surface area contributed by atoms with Crippen molar-refractivity contribution in [2.24, 2.45) is 0 Å². The molecule has 2 nitrogen and oxygen atoms in total.